The Morgan fingerprint density at radius 2 is 1.35 bits per heavy atom. The summed E-state index contributed by atoms with van der Waals surface area (Å²) in [5.41, 5.74) is 13.9. The van der Waals surface area contributed by atoms with E-state index in [1.54, 1.807) is 30.3 Å². The van der Waals surface area contributed by atoms with E-state index in [9.17, 15) is 13.2 Å². The normalized spacial score (nSPS) is 10.2. The van der Waals surface area contributed by atoms with Crippen molar-refractivity contribution in [1.82, 2.24) is 0 Å². The predicted molar refractivity (Wildman–Crippen MR) is 71.7 cm³/mol. The minimum atomic E-state index is -2.50. The van der Waals surface area contributed by atoms with Crippen LogP contribution in [0.25, 0.3) is 11.1 Å². The molecule has 6 heteroatoms. The van der Waals surface area contributed by atoms with Crippen molar-refractivity contribution in [2.24, 2.45) is 0 Å². The van der Waals surface area contributed by atoms with Crippen molar-refractivity contribution in [2.75, 3.05) is 11.5 Å². The first kappa shape index (κ1) is 13.8. The molecule has 0 unspecified atom stereocenters. The molecule has 2 aromatic carbocycles. The quantitative estimate of drug-likeness (QED) is 0.661. The number of nitrogen functional groups attached to an aromatic ring is 2. The first-order valence-corrected chi connectivity index (χ1v) is 5.61. The first-order chi connectivity index (χ1) is 9.45. The van der Waals surface area contributed by atoms with Crippen molar-refractivity contribution in [3.63, 3.8) is 0 Å². The van der Waals surface area contributed by atoms with Gasteiger partial charge < -0.3 is 16.2 Å². The second-order valence-electron chi connectivity index (χ2n) is 4.05. The Labute approximate surface area is 113 Å². The minimum absolute atomic E-state index is 0.0316. The molecule has 0 bridgehead atoms. The van der Waals surface area contributed by atoms with Crippen LogP contribution in [-0.2, 0) is 0 Å². The number of hydrogen-bond donors (Lipinski definition) is 2. The standard InChI is InChI=1S/C14H11F3N2O/c15-13(16)14(17)20-12-3-1-8(2-4-12)9-5-10(18)7-11(19)6-9/h1-7H,18-19H2. The summed E-state index contributed by atoms with van der Waals surface area (Å²) in [5, 5.41) is 0. The predicted octanol–water partition coefficient (Wildman–Crippen LogP) is 3.93. The number of halogens is 3. The molecule has 0 aliphatic rings. The van der Waals surface area contributed by atoms with E-state index in [1.807, 2.05) is 0 Å². The van der Waals surface area contributed by atoms with Gasteiger partial charge in [-0.2, -0.15) is 13.2 Å². The molecule has 104 valence electrons. The topological polar surface area (TPSA) is 61.3 Å². The first-order valence-electron chi connectivity index (χ1n) is 5.61. The summed E-state index contributed by atoms with van der Waals surface area (Å²) in [4.78, 5) is 0. The summed E-state index contributed by atoms with van der Waals surface area (Å²) >= 11 is 0. The Bertz CT molecular complexity index is 630. The fourth-order valence-electron chi connectivity index (χ4n) is 1.70. The van der Waals surface area contributed by atoms with E-state index in [0.717, 1.165) is 11.1 Å². The zero-order valence-electron chi connectivity index (χ0n) is 10.2. The molecule has 2 rings (SSSR count). The molecule has 0 spiro atoms. The van der Waals surface area contributed by atoms with E-state index in [0.29, 0.717) is 11.4 Å². The Hall–Kier alpha value is -2.63. The Morgan fingerprint density at radius 1 is 0.800 bits per heavy atom. The van der Waals surface area contributed by atoms with Crippen LogP contribution in [0.5, 0.6) is 5.75 Å². The highest BCUT2D eigenvalue weighted by molar-refractivity contribution is 5.72. The second kappa shape index (κ2) is 5.56. The third kappa shape index (κ3) is 3.23. The maximum absolute atomic E-state index is 12.6. The molecule has 20 heavy (non-hydrogen) atoms. The van der Waals surface area contributed by atoms with Gasteiger partial charge in [0.25, 0.3) is 0 Å². The van der Waals surface area contributed by atoms with Gasteiger partial charge in [-0.3, -0.25) is 0 Å². The van der Waals surface area contributed by atoms with E-state index < -0.39 is 12.1 Å². The van der Waals surface area contributed by atoms with Gasteiger partial charge in [0, 0.05) is 11.4 Å². The van der Waals surface area contributed by atoms with E-state index in [1.165, 1.54) is 12.1 Å². The summed E-state index contributed by atoms with van der Waals surface area (Å²) in [6, 6.07) is 9.06. The number of ether oxygens (including phenoxy) is 1. The van der Waals surface area contributed by atoms with Crippen molar-refractivity contribution < 1.29 is 17.9 Å². The van der Waals surface area contributed by atoms with Crippen molar-refractivity contribution in [3.8, 4) is 16.9 Å². The highest BCUT2D eigenvalue weighted by Gasteiger charge is 2.08. The van der Waals surface area contributed by atoms with Crippen LogP contribution in [0.4, 0.5) is 24.5 Å². The zero-order valence-corrected chi connectivity index (χ0v) is 10.2. The van der Waals surface area contributed by atoms with Crippen LogP contribution in [-0.4, -0.2) is 0 Å². The molecule has 0 aliphatic carbocycles. The summed E-state index contributed by atoms with van der Waals surface area (Å²) in [7, 11) is 0. The van der Waals surface area contributed by atoms with Gasteiger partial charge in [0.15, 0.2) is 0 Å². The average molecular weight is 280 g/mol. The molecular formula is C14H11F3N2O. The van der Waals surface area contributed by atoms with Crippen LogP contribution in [0.1, 0.15) is 0 Å². The molecular weight excluding hydrogens is 269 g/mol. The third-order valence-corrected chi connectivity index (χ3v) is 2.52. The molecule has 4 N–H and O–H groups in total. The number of anilines is 2. The Balaban J connectivity index is 2.26. The van der Waals surface area contributed by atoms with Crippen LogP contribution >= 0.6 is 0 Å². The molecule has 0 heterocycles. The van der Waals surface area contributed by atoms with Crippen LogP contribution in [0.15, 0.2) is 54.6 Å². The van der Waals surface area contributed by atoms with Gasteiger partial charge in [-0.05, 0) is 41.5 Å². The van der Waals surface area contributed by atoms with E-state index in [-0.39, 0.29) is 5.75 Å². The maximum Gasteiger partial charge on any atom is 0.344 e. The summed E-state index contributed by atoms with van der Waals surface area (Å²) in [6.07, 6.45) is -2.50. The van der Waals surface area contributed by atoms with Crippen molar-refractivity contribution in [1.29, 1.82) is 0 Å². The number of nitrogens with two attached hydrogens (primary N) is 2. The van der Waals surface area contributed by atoms with Gasteiger partial charge in [-0.15, -0.1) is 0 Å². The van der Waals surface area contributed by atoms with Crippen molar-refractivity contribution >= 4 is 11.4 Å². The van der Waals surface area contributed by atoms with Crippen LogP contribution < -0.4 is 16.2 Å². The van der Waals surface area contributed by atoms with Gasteiger partial charge in [0.05, 0.1) is 0 Å². The third-order valence-electron chi connectivity index (χ3n) is 2.52. The molecule has 0 amide bonds. The SMILES string of the molecule is Nc1cc(N)cc(-c2ccc(OC(F)=C(F)F)cc2)c1. The van der Waals surface area contributed by atoms with Gasteiger partial charge in [-0.25, -0.2) is 0 Å². The zero-order chi connectivity index (χ0) is 14.7. The Kier molecular flexibility index (Phi) is 3.84. The number of rotatable bonds is 3. The van der Waals surface area contributed by atoms with Crippen LogP contribution in [0, 0.1) is 0 Å². The lowest BCUT2D eigenvalue weighted by Crippen LogP contribution is -1.92. The van der Waals surface area contributed by atoms with E-state index in [4.69, 9.17) is 11.5 Å². The van der Waals surface area contributed by atoms with Gasteiger partial charge in [0.2, 0.25) is 0 Å². The maximum atomic E-state index is 12.6. The van der Waals surface area contributed by atoms with Crippen LogP contribution in [0.3, 0.4) is 0 Å². The molecule has 0 saturated heterocycles. The molecule has 0 aliphatic heterocycles. The van der Waals surface area contributed by atoms with Gasteiger partial charge in [0.1, 0.15) is 5.75 Å². The van der Waals surface area contributed by atoms with E-state index >= 15 is 0 Å². The summed E-state index contributed by atoms with van der Waals surface area (Å²) in [5.74, 6) is -0.0316. The fraction of sp³-hybridized carbons (Fsp3) is 0. The lowest BCUT2D eigenvalue weighted by Gasteiger charge is -2.07. The monoisotopic (exact) mass is 280 g/mol. The summed E-state index contributed by atoms with van der Waals surface area (Å²) < 4.78 is 40.7. The van der Waals surface area contributed by atoms with Crippen molar-refractivity contribution in [2.45, 2.75) is 0 Å². The highest BCUT2D eigenvalue weighted by Crippen LogP contribution is 2.27. The average Bonchev–Trinajstić information content (AvgIpc) is 2.38. The largest absolute Gasteiger partial charge is 0.428 e. The molecule has 0 atom stereocenters. The van der Waals surface area contributed by atoms with Gasteiger partial charge >= 0.3 is 12.1 Å². The lowest BCUT2D eigenvalue weighted by molar-refractivity contribution is 0.241. The fourth-order valence-corrected chi connectivity index (χ4v) is 1.70. The minimum Gasteiger partial charge on any atom is -0.428 e. The number of hydrogen-bond acceptors (Lipinski definition) is 3. The molecule has 0 saturated carbocycles. The van der Waals surface area contributed by atoms with Gasteiger partial charge in [-0.1, -0.05) is 12.1 Å². The molecule has 0 aromatic heterocycles. The van der Waals surface area contributed by atoms with E-state index in [2.05, 4.69) is 4.74 Å². The van der Waals surface area contributed by atoms with Crippen molar-refractivity contribution in [3.05, 3.63) is 54.6 Å². The molecule has 0 fully saturated rings. The number of benzene rings is 2. The molecule has 2 aromatic rings. The molecule has 3 nitrogen and oxygen atoms in total. The lowest BCUT2D eigenvalue weighted by atomic mass is 10.0. The molecule has 0 radical (unpaired) electrons. The second-order valence-corrected chi connectivity index (χ2v) is 4.05. The summed E-state index contributed by atoms with van der Waals surface area (Å²) in [6.45, 7) is 0. The highest BCUT2D eigenvalue weighted by atomic mass is 19.3. The van der Waals surface area contributed by atoms with Crippen LogP contribution in [0.2, 0.25) is 0 Å². The smallest absolute Gasteiger partial charge is 0.344 e. The Morgan fingerprint density at radius 3 is 1.85 bits per heavy atom.